The van der Waals surface area contributed by atoms with Gasteiger partial charge in [-0.1, -0.05) is 18.5 Å². The summed E-state index contributed by atoms with van der Waals surface area (Å²) in [6.45, 7) is 2.09. The van der Waals surface area contributed by atoms with Gasteiger partial charge in [-0.3, -0.25) is 4.79 Å². The van der Waals surface area contributed by atoms with Gasteiger partial charge in [-0.2, -0.15) is 0 Å². The Morgan fingerprint density at radius 1 is 1.29 bits per heavy atom. The van der Waals surface area contributed by atoms with Gasteiger partial charge in [-0.15, -0.1) is 0 Å². The number of nitrogens with one attached hydrogen (secondary N) is 2. The third-order valence-electron chi connectivity index (χ3n) is 3.67. The minimum Gasteiger partial charge on any atom is -0.359 e. The molecule has 0 spiro atoms. The molecule has 1 heterocycles. The molecule has 0 radical (unpaired) electrons. The minimum absolute atomic E-state index is 0.103. The average Bonchev–Trinajstić information content (AvgIpc) is 3.09. The summed E-state index contributed by atoms with van der Waals surface area (Å²) >= 11 is 6.07. The van der Waals surface area contributed by atoms with E-state index in [0.717, 1.165) is 5.69 Å². The highest BCUT2D eigenvalue weighted by Crippen LogP contribution is 2.25. The lowest BCUT2D eigenvalue weighted by Crippen LogP contribution is -2.39. The Kier molecular flexibility index (Phi) is 5.87. The number of carbonyl (C=O) groups excluding carboxylic acids is 2. The van der Waals surface area contributed by atoms with E-state index < -0.39 is 0 Å². The van der Waals surface area contributed by atoms with E-state index in [4.69, 9.17) is 11.6 Å². The van der Waals surface area contributed by atoms with Gasteiger partial charge in [0.25, 0.3) is 0 Å². The number of nitrogens with zero attached hydrogens (tertiary/aromatic N) is 2. The van der Waals surface area contributed by atoms with Gasteiger partial charge in [0.1, 0.15) is 0 Å². The average molecular weight is 349 g/mol. The van der Waals surface area contributed by atoms with E-state index in [1.807, 2.05) is 29.1 Å². The van der Waals surface area contributed by atoms with Crippen molar-refractivity contribution in [3.63, 3.8) is 0 Å². The maximum atomic E-state index is 12.4. The molecule has 2 N–H and O–H groups in total. The summed E-state index contributed by atoms with van der Waals surface area (Å²) < 4.78 is 1.87. The molecule has 1 aromatic carbocycles. The molecule has 0 aliphatic carbocycles. The molecule has 0 unspecified atom stereocenters. The number of hydrogen-bond donors (Lipinski definition) is 2. The molecular weight excluding hydrogens is 328 g/mol. The number of urea groups is 1. The molecule has 0 fully saturated rings. The van der Waals surface area contributed by atoms with Crippen LogP contribution in [-0.4, -0.2) is 42.0 Å². The molecule has 128 valence electrons. The maximum Gasteiger partial charge on any atom is 0.321 e. The Hall–Kier alpha value is -2.47. The number of hydrogen-bond acceptors (Lipinski definition) is 2. The predicted molar refractivity (Wildman–Crippen MR) is 95.7 cm³/mol. The van der Waals surface area contributed by atoms with Crippen LogP contribution in [-0.2, 0) is 4.79 Å². The maximum absolute atomic E-state index is 12.4. The van der Waals surface area contributed by atoms with Crippen LogP contribution in [0.25, 0.3) is 5.69 Å². The molecule has 2 aromatic rings. The molecule has 2 rings (SSSR count). The van der Waals surface area contributed by atoms with Crippen molar-refractivity contribution in [1.29, 1.82) is 0 Å². The Morgan fingerprint density at radius 2 is 1.96 bits per heavy atom. The molecule has 1 aromatic heterocycles. The van der Waals surface area contributed by atoms with Gasteiger partial charge in [0, 0.05) is 38.1 Å². The number of halogens is 1. The van der Waals surface area contributed by atoms with Gasteiger partial charge < -0.3 is 20.1 Å². The topological polar surface area (TPSA) is 66.4 Å². The highest BCUT2D eigenvalue weighted by Gasteiger charge is 2.18. The third-order valence-corrected chi connectivity index (χ3v) is 3.91. The van der Waals surface area contributed by atoms with Crippen LogP contribution in [0.15, 0.2) is 42.7 Å². The lowest BCUT2D eigenvalue weighted by molar-refractivity contribution is -0.124. The Bertz CT molecular complexity index is 715. The number of amides is 3. The van der Waals surface area contributed by atoms with E-state index in [0.29, 0.717) is 17.3 Å². The molecule has 6 nitrogen and oxygen atoms in total. The zero-order chi connectivity index (χ0) is 17.7. The first-order valence-corrected chi connectivity index (χ1v) is 7.96. The fourth-order valence-corrected chi connectivity index (χ4v) is 2.52. The summed E-state index contributed by atoms with van der Waals surface area (Å²) in [5, 5.41) is 6.02. The Balaban J connectivity index is 2.13. The van der Waals surface area contributed by atoms with Gasteiger partial charge in [-0.25, -0.2) is 4.79 Å². The lowest BCUT2D eigenvalue weighted by atomic mass is 10.1. The summed E-state index contributed by atoms with van der Waals surface area (Å²) in [6, 6.07) is 8.75. The number of aromatic nitrogens is 1. The first-order valence-electron chi connectivity index (χ1n) is 7.59. The molecule has 7 heteroatoms. The fraction of sp³-hybridized carbons (Fsp3) is 0.294. The molecule has 1 atom stereocenters. The molecule has 24 heavy (non-hydrogen) atoms. The monoisotopic (exact) mass is 348 g/mol. The van der Waals surface area contributed by atoms with Gasteiger partial charge >= 0.3 is 6.03 Å². The summed E-state index contributed by atoms with van der Waals surface area (Å²) in [4.78, 5) is 25.5. The van der Waals surface area contributed by atoms with Crippen molar-refractivity contribution in [2.75, 3.05) is 26.0 Å². The molecule has 0 saturated carbocycles. The molecule has 0 aliphatic heterocycles. The summed E-state index contributed by atoms with van der Waals surface area (Å²) in [5.41, 5.74) is 1.41. The van der Waals surface area contributed by atoms with Gasteiger partial charge in [-0.05, 0) is 30.3 Å². The predicted octanol–water partition coefficient (Wildman–Crippen LogP) is 2.98. The number of rotatable bonds is 5. The summed E-state index contributed by atoms with van der Waals surface area (Å²) in [6.07, 6.45) is 3.75. The van der Waals surface area contributed by atoms with Gasteiger partial charge in [0.15, 0.2) is 0 Å². The highest BCUT2D eigenvalue weighted by molar-refractivity contribution is 6.30. The Labute approximate surface area is 146 Å². The van der Waals surface area contributed by atoms with Crippen LogP contribution in [0.4, 0.5) is 10.5 Å². The molecule has 0 aliphatic rings. The van der Waals surface area contributed by atoms with Gasteiger partial charge in [0.2, 0.25) is 5.91 Å². The first-order chi connectivity index (χ1) is 11.4. The van der Waals surface area contributed by atoms with Crippen LogP contribution < -0.4 is 10.6 Å². The van der Waals surface area contributed by atoms with Gasteiger partial charge in [0.05, 0.1) is 17.3 Å². The van der Waals surface area contributed by atoms with Crippen LogP contribution in [0.2, 0.25) is 5.02 Å². The highest BCUT2D eigenvalue weighted by atomic mass is 35.5. The molecule has 3 amide bonds. The smallest absolute Gasteiger partial charge is 0.321 e. The van der Waals surface area contributed by atoms with E-state index in [1.165, 1.54) is 4.90 Å². The second-order valence-electron chi connectivity index (χ2n) is 5.58. The first kappa shape index (κ1) is 17.9. The van der Waals surface area contributed by atoms with Crippen molar-refractivity contribution in [2.45, 2.75) is 6.92 Å². The van der Waals surface area contributed by atoms with Crippen molar-refractivity contribution >= 4 is 29.2 Å². The van der Waals surface area contributed by atoms with Crippen LogP contribution >= 0.6 is 11.6 Å². The van der Waals surface area contributed by atoms with E-state index in [9.17, 15) is 9.59 Å². The lowest BCUT2D eigenvalue weighted by Gasteiger charge is -2.22. The van der Waals surface area contributed by atoms with E-state index in [-0.39, 0.29) is 17.9 Å². The molecular formula is C17H21ClN4O2. The van der Waals surface area contributed by atoms with Crippen molar-refractivity contribution < 1.29 is 9.59 Å². The number of benzene rings is 1. The zero-order valence-electron chi connectivity index (χ0n) is 13.9. The second-order valence-corrected chi connectivity index (χ2v) is 6.01. The summed E-state index contributed by atoms with van der Waals surface area (Å²) in [7, 11) is 3.23. The Morgan fingerprint density at radius 3 is 2.58 bits per heavy atom. The second kappa shape index (κ2) is 7.88. The number of anilines is 1. The summed E-state index contributed by atoms with van der Waals surface area (Å²) in [5.74, 6) is -0.394. The quantitative estimate of drug-likeness (QED) is 0.872. The van der Waals surface area contributed by atoms with Crippen LogP contribution in [0.5, 0.6) is 0 Å². The number of carbonyl (C=O) groups is 2. The van der Waals surface area contributed by atoms with Crippen LogP contribution in [0.3, 0.4) is 0 Å². The van der Waals surface area contributed by atoms with Crippen molar-refractivity contribution in [3.8, 4) is 5.69 Å². The van der Waals surface area contributed by atoms with E-state index in [2.05, 4.69) is 10.6 Å². The van der Waals surface area contributed by atoms with Crippen molar-refractivity contribution in [3.05, 3.63) is 47.7 Å². The van der Waals surface area contributed by atoms with Crippen molar-refractivity contribution in [2.24, 2.45) is 5.92 Å². The van der Waals surface area contributed by atoms with E-state index in [1.54, 1.807) is 39.2 Å². The largest absolute Gasteiger partial charge is 0.359 e. The normalized spacial score (nSPS) is 11.7. The van der Waals surface area contributed by atoms with Crippen LogP contribution in [0, 0.1) is 5.92 Å². The fourth-order valence-electron chi connectivity index (χ4n) is 2.35. The van der Waals surface area contributed by atoms with Crippen molar-refractivity contribution in [1.82, 2.24) is 14.8 Å². The zero-order valence-corrected chi connectivity index (χ0v) is 14.7. The van der Waals surface area contributed by atoms with Crippen LogP contribution in [0.1, 0.15) is 6.92 Å². The third kappa shape index (κ3) is 4.29. The SMILES string of the molecule is CNC(=O)[C@H](C)CN(C)C(=O)Nc1ccc(Cl)cc1-n1cccc1. The molecule has 0 bridgehead atoms. The molecule has 0 saturated heterocycles. The standard InChI is InChI=1S/C17H21ClN4O2/c1-12(16(23)19-2)11-21(3)17(24)20-14-7-6-13(18)10-15(14)22-8-4-5-9-22/h4-10,12H,11H2,1-3H3,(H,19,23)(H,20,24)/t12-/m1/s1. The minimum atomic E-state index is -0.292. The van der Waals surface area contributed by atoms with E-state index >= 15 is 0 Å².